The van der Waals surface area contributed by atoms with Crippen molar-refractivity contribution in [2.24, 2.45) is 0 Å². The second-order valence-corrected chi connectivity index (χ2v) is 7.04. The first-order valence-electron chi connectivity index (χ1n) is 8.93. The van der Waals surface area contributed by atoms with E-state index in [1.165, 1.54) is 0 Å². The van der Waals surface area contributed by atoms with Gasteiger partial charge in [0.1, 0.15) is 23.0 Å². The van der Waals surface area contributed by atoms with Crippen molar-refractivity contribution in [3.05, 3.63) is 30.4 Å². The van der Waals surface area contributed by atoms with Crippen molar-refractivity contribution in [1.82, 2.24) is 24.8 Å². The van der Waals surface area contributed by atoms with Crippen LogP contribution < -0.4 is 5.32 Å². The molecule has 3 heterocycles. The second kappa shape index (κ2) is 6.72. The molecule has 0 aromatic carbocycles. The third-order valence-electron chi connectivity index (χ3n) is 5.04. The Morgan fingerprint density at radius 3 is 2.85 bits per heavy atom. The van der Waals surface area contributed by atoms with Gasteiger partial charge in [-0.2, -0.15) is 13.2 Å². The van der Waals surface area contributed by atoms with E-state index < -0.39 is 18.8 Å². The molecule has 0 amide bonds. The molecule has 3 atom stereocenters. The average Bonchev–Trinajstić information content (AvgIpc) is 3.23. The van der Waals surface area contributed by atoms with E-state index in [4.69, 9.17) is 0 Å². The van der Waals surface area contributed by atoms with Gasteiger partial charge in [-0.1, -0.05) is 0 Å². The molecule has 2 N–H and O–H groups in total. The summed E-state index contributed by atoms with van der Waals surface area (Å²) in [6.45, 7) is 0.641. The third-order valence-corrected chi connectivity index (χ3v) is 5.04. The number of aliphatic hydroxyl groups is 1. The van der Waals surface area contributed by atoms with Gasteiger partial charge in [0.15, 0.2) is 0 Å². The summed E-state index contributed by atoms with van der Waals surface area (Å²) in [4.78, 5) is 13.3. The summed E-state index contributed by atoms with van der Waals surface area (Å²) in [7, 11) is 0. The molecule has 0 radical (unpaired) electrons. The van der Waals surface area contributed by atoms with Crippen molar-refractivity contribution < 1.29 is 18.3 Å². The number of pyridine rings is 2. The van der Waals surface area contributed by atoms with Crippen molar-refractivity contribution in [1.29, 1.82) is 0 Å². The number of fused-ring (bicyclic) bond motifs is 3. The molecule has 1 saturated carbocycles. The molecular weight excluding hydrogens is 359 g/mol. The van der Waals surface area contributed by atoms with Crippen molar-refractivity contribution in [3.8, 4) is 0 Å². The molecule has 9 heteroatoms. The number of imidazole rings is 1. The van der Waals surface area contributed by atoms with Gasteiger partial charge in [0.25, 0.3) is 0 Å². The van der Waals surface area contributed by atoms with E-state index >= 15 is 0 Å². The van der Waals surface area contributed by atoms with Gasteiger partial charge in [0.05, 0.1) is 23.8 Å². The van der Waals surface area contributed by atoms with E-state index in [1.54, 1.807) is 25.4 Å². The van der Waals surface area contributed by atoms with Gasteiger partial charge in [-0.3, -0.25) is 9.97 Å². The zero-order chi connectivity index (χ0) is 19.2. The minimum atomic E-state index is -4.23. The summed E-state index contributed by atoms with van der Waals surface area (Å²) >= 11 is 0. The lowest BCUT2D eigenvalue weighted by molar-refractivity contribution is -0.126. The predicted octanol–water partition coefficient (Wildman–Crippen LogP) is 3.28. The topological polar surface area (TPSA) is 75.9 Å². The molecule has 0 aliphatic heterocycles. The number of alkyl halides is 3. The Morgan fingerprint density at radius 1 is 1.30 bits per heavy atom. The van der Waals surface area contributed by atoms with Crippen LogP contribution in [0.3, 0.4) is 0 Å². The standard InChI is InChI=1S/C18H20F3N5O/c1-10(27)17-25-14-8-23-13-3-2-6-22-15(13)16(14)26(17)12-5-4-11(7-12)24-9-18(19,20)21/h2-3,6,8,10-12,24,27H,4-5,7,9H2,1H3/t10-,11-,12+/m1/s1. The lowest BCUT2D eigenvalue weighted by atomic mass is 10.2. The van der Waals surface area contributed by atoms with Gasteiger partial charge in [0, 0.05) is 18.3 Å². The highest BCUT2D eigenvalue weighted by molar-refractivity contribution is 5.99. The van der Waals surface area contributed by atoms with E-state index in [2.05, 4.69) is 20.3 Å². The van der Waals surface area contributed by atoms with Crippen LogP contribution in [0.4, 0.5) is 13.2 Å². The molecular formula is C18H20F3N5O. The molecule has 3 aromatic heterocycles. The van der Waals surface area contributed by atoms with Crippen LogP contribution in [-0.2, 0) is 0 Å². The Morgan fingerprint density at radius 2 is 2.11 bits per heavy atom. The van der Waals surface area contributed by atoms with Gasteiger partial charge in [-0.25, -0.2) is 4.98 Å². The van der Waals surface area contributed by atoms with Crippen LogP contribution in [0.1, 0.15) is 44.2 Å². The molecule has 0 unspecified atom stereocenters. The van der Waals surface area contributed by atoms with Crippen LogP contribution in [0.2, 0.25) is 0 Å². The number of nitrogens with one attached hydrogen (secondary N) is 1. The first kappa shape index (κ1) is 18.1. The molecule has 0 saturated heterocycles. The fraction of sp³-hybridized carbons (Fsp3) is 0.500. The number of aromatic nitrogens is 4. The maximum absolute atomic E-state index is 12.5. The number of hydrogen-bond acceptors (Lipinski definition) is 5. The molecule has 27 heavy (non-hydrogen) atoms. The summed E-state index contributed by atoms with van der Waals surface area (Å²) in [6, 6.07) is 3.36. The summed E-state index contributed by atoms with van der Waals surface area (Å²) in [5.41, 5.74) is 2.80. The molecule has 6 nitrogen and oxygen atoms in total. The lowest BCUT2D eigenvalue weighted by Crippen LogP contribution is -2.35. The molecule has 3 aromatic rings. The Hall–Kier alpha value is -2.26. The van der Waals surface area contributed by atoms with E-state index in [0.717, 1.165) is 5.52 Å². The number of hydrogen-bond donors (Lipinski definition) is 2. The summed E-state index contributed by atoms with van der Waals surface area (Å²) in [5.74, 6) is 0.492. The summed E-state index contributed by atoms with van der Waals surface area (Å²) < 4.78 is 39.5. The number of rotatable bonds is 4. The van der Waals surface area contributed by atoms with Gasteiger partial charge in [0.2, 0.25) is 0 Å². The first-order chi connectivity index (χ1) is 12.8. The zero-order valence-electron chi connectivity index (χ0n) is 14.7. The van der Waals surface area contributed by atoms with Crippen LogP contribution in [0.25, 0.3) is 22.1 Å². The molecule has 4 rings (SSSR count). The van der Waals surface area contributed by atoms with Crippen LogP contribution in [0.15, 0.2) is 24.5 Å². The third kappa shape index (κ3) is 3.49. The fourth-order valence-electron chi connectivity index (χ4n) is 3.91. The number of aliphatic hydroxyl groups excluding tert-OH is 1. The molecule has 0 spiro atoms. The molecule has 1 aliphatic carbocycles. The van der Waals surface area contributed by atoms with Crippen molar-refractivity contribution in [3.63, 3.8) is 0 Å². The van der Waals surface area contributed by atoms with E-state index in [1.807, 2.05) is 10.6 Å². The van der Waals surface area contributed by atoms with Gasteiger partial charge in [-0.05, 0) is 38.3 Å². The normalized spacial score (nSPS) is 22.0. The maximum Gasteiger partial charge on any atom is 0.401 e. The van der Waals surface area contributed by atoms with E-state index in [0.29, 0.717) is 41.6 Å². The molecule has 1 fully saturated rings. The quantitative estimate of drug-likeness (QED) is 0.728. The number of halogens is 3. The largest absolute Gasteiger partial charge is 0.401 e. The van der Waals surface area contributed by atoms with Crippen LogP contribution in [0, 0.1) is 0 Å². The Labute approximate surface area is 153 Å². The van der Waals surface area contributed by atoms with Crippen LogP contribution in [0.5, 0.6) is 0 Å². The summed E-state index contributed by atoms with van der Waals surface area (Å²) in [5, 5.41) is 12.8. The Balaban J connectivity index is 1.74. The SMILES string of the molecule is C[C@@H](O)c1nc2cnc3cccnc3c2n1[C@H]1CC[C@@H](NCC(F)(F)F)C1. The van der Waals surface area contributed by atoms with Crippen LogP contribution in [-0.4, -0.2) is 43.4 Å². The Kier molecular flexibility index (Phi) is 4.51. The highest BCUT2D eigenvalue weighted by atomic mass is 19.4. The maximum atomic E-state index is 12.5. The van der Waals surface area contributed by atoms with Crippen molar-refractivity contribution in [2.45, 2.75) is 50.6 Å². The van der Waals surface area contributed by atoms with Gasteiger partial charge < -0.3 is 15.0 Å². The monoisotopic (exact) mass is 379 g/mol. The van der Waals surface area contributed by atoms with Crippen molar-refractivity contribution >= 4 is 22.1 Å². The molecule has 0 bridgehead atoms. The first-order valence-corrected chi connectivity index (χ1v) is 8.93. The van der Waals surface area contributed by atoms with Crippen molar-refractivity contribution in [2.75, 3.05) is 6.54 Å². The zero-order valence-corrected chi connectivity index (χ0v) is 14.7. The Bertz CT molecular complexity index is 969. The van der Waals surface area contributed by atoms with Gasteiger partial charge >= 0.3 is 6.18 Å². The minimum Gasteiger partial charge on any atom is -0.385 e. The second-order valence-electron chi connectivity index (χ2n) is 7.04. The lowest BCUT2D eigenvalue weighted by Gasteiger charge is -2.19. The van der Waals surface area contributed by atoms with Gasteiger partial charge in [-0.15, -0.1) is 0 Å². The molecule has 1 aliphatic rings. The smallest absolute Gasteiger partial charge is 0.385 e. The highest BCUT2D eigenvalue weighted by Crippen LogP contribution is 2.37. The number of nitrogens with zero attached hydrogens (tertiary/aromatic N) is 4. The fourth-order valence-corrected chi connectivity index (χ4v) is 3.91. The predicted molar refractivity (Wildman–Crippen MR) is 94.2 cm³/mol. The highest BCUT2D eigenvalue weighted by Gasteiger charge is 2.34. The van der Waals surface area contributed by atoms with Crippen LogP contribution >= 0.6 is 0 Å². The average molecular weight is 379 g/mol. The van der Waals surface area contributed by atoms with E-state index in [-0.39, 0.29) is 12.1 Å². The minimum absolute atomic E-state index is 0.0575. The van der Waals surface area contributed by atoms with E-state index in [9.17, 15) is 18.3 Å². The summed E-state index contributed by atoms with van der Waals surface area (Å²) in [6.07, 6.45) is 0.168. The molecule has 144 valence electrons.